The van der Waals surface area contributed by atoms with Crippen molar-refractivity contribution in [2.45, 2.75) is 10.3 Å². The van der Waals surface area contributed by atoms with Crippen molar-refractivity contribution in [3.63, 3.8) is 0 Å². The van der Waals surface area contributed by atoms with Crippen LogP contribution in [0.25, 0.3) is 11.3 Å². The molecule has 3 rings (SSSR count). The maximum atomic E-state index is 11.7. The Balaban J connectivity index is 2.00. The smallest absolute Gasteiger partial charge is 0.321 e. The number of hydrogen-bond acceptors (Lipinski definition) is 4. The van der Waals surface area contributed by atoms with Crippen LogP contribution in [-0.4, -0.2) is 16.1 Å². The van der Waals surface area contributed by atoms with Gasteiger partial charge in [-0.1, -0.05) is 72.4 Å². The summed E-state index contributed by atoms with van der Waals surface area (Å²) in [6.45, 7) is 0. The van der Waals surface area contributed by atoms with Crippen LogP contribution in [0, 0.1) is 11.3 Å². The molecule has 0 aliphatic rings. The van der Waals surface area contributed by atoms with Gasteiger partial charge in [0.2, 0.25) is 0 Å². The highest BCUT2D eigenvalue weighted by molar-refractivity contribution is 8.00. The van der Waals surface area contributed by atoms with Crippen molar-refractivity contribution in [1.82, 2.24) is 4.98 Å². The lowest BCUT2D eigenvalue weighted by Gasteiger charge is -2.13. The Kier molecular flexibility index (Phi) is 5.12. The quantitative estimate of drug-likeness (QED) is 0.687. The number of hydrogen-bond donors (Lipinski definition) is 1. The minimum Gasteiger partial charge on any atom is -0.480 e. The number of nitriles is 1. The molecule has 2 aromatic carbocycles. The van der Waals surface area contributed by atoms with Crippen LogP contribution in [-0.2, 0) is 4.79 Å². The molecule has 25 heavy (non-hydrogen) atoms. The van der Waals surface area contributed by atoms with Gasteiger partial charge >= 0.3 is 5.97 Å². The van der Waals surface area contributed by atoms with Gasteiger partial charge in [0.1, 0.15) is 16.3 Å². The summed E-state index contributed by atoms with van der Waals surface area (Å²) < 4.78 is 0. The van der Waals surface area contributed by atoms with Crippen LogP contribution in [0.1, 0.15) is 16.4 Å². The topological polar surface area (TPSA) is 74.0 Å². The minimum absolute atomic E-state index is 0.367. The van der Waals surface area contributed by atoms with Gasteiger partial charge in [0.05, 0.1) is 11.3 Å². The first-order valence-electron chi connectivity index (χ1n) is 7.60. The predicted octanol–water partition coefficient (Wildman–Crippen LogP) is 4.54. The molecule has 4 nitrogen and oxygen atoms in total. The first kappa shape index (κ1) is 16.7. The van der Waals surface area contributed by atoms with Gasteiger partial charge < -0.3 is 5.11 Å². The van der Waals surface area contributed by atoms with Crippen molar-refractivity contribution in [1.29, 1.82) is 5.26 Å². The minimum atomic E-state index is -0.966. The van der Waals surface area contributed by atoms with Crippen molar-refractivity contribution in [2.24, 2.45) is 0 Å². The molecule has 0 saturated heterocycles. The molecule has 0 bridgehead atoms. The number of rotatable bonds is 5. The van der Waals surface area contributed by atoms with E-state index in [-0.39, 0.29) is 0 Å². The van der Waals surface area contributed by atoms with E-state index in [4.69, 9.17) is 0 Å². The number of pyridine rings is 1. The lowest BCUT2D eigenvalue weighted by molar-refractivity contribution is -0.136. The summed E-state index contributed by atoms with van der Waals surface area (Å²) in [6.07, 6.45) is 0. The second-order valence-corrected chi connectivity index (χ2v) is 6.37. The van der Waals surface area contributed by atoms with Gasteiger partial charge in [-0.3, -0.25) is 4.79 Å². The molecular formula is C20H14N2O2S. The predicted molar refractivity (Wildman–Crippen MR) is 97.1 cm³/mol. The van der Waals surface area contributed by atoms with Crippen molar-refractivity contribution in [2.75, 3.05) is 0 Å². The molecule has 0 aliphatic heterocycles. The van der Waals surface area contributed by atoms with Gasteiger partial charge in [0, 0.05) is 5.56 Å². The summed E-state index contributed by atoms with van der Waals surface area (Å²) in [6, 6.07) is 24.1. The molecule has 3 aromatic rings. The molecule has 0 aliphatic carbocycles. The number of aromatic nitrogens is 1. The number of carboxylic acid groups (broad SMARTS) is 1. The number of benzene rings is 2. The van der Waals surface area contributed by atoms with E-state index in [1.165, 1.54) is 0 Å². The van der Waals surface area contributed by atoms with Gasteiger partial charge in [-0.15, -0.1) is 0 Å². The molecule has 1 unspecified atom stereocenters. The van der Waals surface area contributed by atoms with Crippen LogP contribution in [0.4, 0.5) is 0 Å². The third kappa shape index (κ3) is 3.87. The Hall–Kier alpha value is -3.10. The van der Waals surface area contributed by atoms with E-state index >= 15 is 0 Å². The Labute approximate surface area is 149 Å². The van der Waals surface area contributed by atoms with Crippen molar-refractivity contribution in [3.05, 3.63) is 83.9 Å². The standard InChI is InChI=1S/C20H14N2O2S/c21-13-16-11-12-17(14-7-3-1-4-8-14)22-19(16)25-18(20(23)24)15-9-5-2-6-10-15/h1-12,18H,(H,23,24). The highest BCUT2D eigenvalue weighted by Gasteiger charge is 2.23. The Morgan fingerprint density at radius 1 is 1.00 bits per heavy atom. The maximum absolute atomic E-state index is 11.7. The van der Waals surface area contributed by atoms with E-state index < -0.39 is 11.2 Å². The summed E-state index contributed by atoms with van der Waals surface area (Å²) >= 11 is 1.08. The summed E-state index contributed by atoms with van der Waals surface area (Å²) in [7, 11) is 0. The van der Waals surface area contributed by atoms with Crippen LogP contribution < -0.4 is 0 Å². The van der Waals surface area contributed by atoms with E-state index in [0.717, 1.165) is 17.3 Å². The second-order valence-electron chi connectivity index (χ2n) is 5.27. The SMILES string of the molecule is N#Cc1ccc(-c2ccccc2)nc1SC(C(=O)O)c1ccccc1. The number of carbonyl (C=O) groups is 1. The molecule has 1 atom stereocenters. The Morgan fingerprint density at radius 3 is 2.24 bits per heavy atom. The normalized spacial score (nSPS) is 11.5. The molecule has 0 amide bonds. The highest BCUT2D eigenvalue weighted by Crippen LogP contribution is 2.37. The van der Waals surface area contributed by atoms with E-state index in [9.17, 15) is 15.2 Å². The third-order valence-electron chi connectivity index (χ3n) is 3.61. The van der Waals surface area contributed by atoms with E-state index in [2.05, 4.69) is 11.1 Å². The highest BCUT2D eigenvalue weighted by atomic mass is 32.2. The zero-order valence-corrected chi connectivity index (χ0v) is 14.0. The summed E-state index contributed by atoms with van der Waals surface area (Å²) in [5.74, 6) is -0.966. The van der Waals surface area contributed by atoms with Crippen LogP contribution in [0.2, 0.25) is 0 Å². The third-order valence-corrected chi connectivity index (χ3v) is 4.85. The first-order chi connectivity index (χ1) is 12.2. The van der Waals surface area contributed by atoms with Gasteiger partial charge in [0.25, 0.3) is 0 Å². The first-order valence-corrected chi connectivity index (χ1v) is 8.48. The summed E-state index contributed by atoms with van der Waals surface area (Å²) in [5, 5.41) is 18.5. The molecule has 0 fully saturated rings. The van der Waals surface area contributed by atoms with Crippen LogP contribution in [0.3, 0.4) is 0 Å². The van der Waals surface area contributed by atoms with Gasteiger partial charge in [-0.05, 0) is 17.7 Å². The average molecular weight is 346 g/mol. The second kappa shape index (κ2) is 7.65. The number of aliphatic carboxylic acids is 1. The molecule has 0 radical (unpaired) electrons. The van der Waals surface area contributed by atoms with E-state index in [1.807, 2.05) is 36.4 Å². The summed E-state index contributed by atoms with van der Waals surface area (Å²) in [5.41, 5.74) is 2.65. The Morgan fingerprint density at radius 2 is 1.64 bits per heavy atom. The molecule has 122 valence electrons. The molecule has 0 spiro atoms. The van der Waals surface area contributed by atoms with Gasteiger partial charge in [0.15, 0.2) is 0 Å². The molecular weight excluding hydrogens is 332 g/mol. The van der Waals surface area contributed by atoms with Gasteiger partial charge in [-0.2, -0.15) is 5.26 Å². The Bertz CT molecular complexity index is 921. The molecule has 5 heteroatoms. The fourth-order valence-electron chi connectivity index (χ4n) is 2.39. The largest absolute Gasteiger partial charge is 0.480 e. The lowest BCUT2D eigenvalue weighted by Crippen LogP contribution is -2.08. The van der Waals surface area contributed by atoms with Crippen LogP contribution in [0.5, 0.6) is 0 Å². The molecule has 1 heterocycles. The fraction of sp³-hybridized carbons (Fsp3) is 0.0500. The maximum Gasteiger partial charge on any atom is 0.321 e. The summed E-state index contributed by atoms with van der Waals surface area (Å²) in [4.78, 5) is 16.3. The van der Waals surface area contributed by atoms with Crippen LogP contribution in [0.15, 0.2) is 77.8 Å². The van der Waals surface area contributed by atoms with Gasteiger partial charge in [-0.25, -0.2) is 4.98 Å². The van der Waals surface area contributed by atoms with E-state index in [1.54, 1.807) is 36.4 Å². The lowest BCUT2D eigenvalue weighted by atomic mass is 10.1. The van der Waals surface area contributed by atoms with E-state index in [0.29, 0.717) is 21.8 Å². The monoisotopic (exact) mass is 346 g/mol. The average Bonchev–Trinajstić information content (AvgIpc) is 2.67. The zero-order valence-electron chi connectivity index (χ0n) is 13.2. The van der Waals surface area contributed by atoms with Crippen molar-refractivity contribution < 1.29 is 9.90 Å². The number of thioether (sulfide) groups is 1. The molecule has 1 aromatic heterocycles. The molecule has 0 saturated carbocycles. The number of carboxylic acids is 1. The number of nitrogens with zero attached hydrogens (tertiary/aromatic N) is 2. The van der Waals surface area contributed by atoms with Crippen LogP contribution >= 0.6 is 11.8 Å². The van der Waals surface area contributed by atoms with Crippen molar-refractivity contribution in [3.8, 4) is 17.3 Å². The van der Waals surface area contributed by atoms with Crippen molar-refractivity contribution >= 4 is 17.7 Å². The fourth-order valence-corrected chi connectivity index (χ4v) is 3.39. The molecule has 1 N–H and O–H groups in total. The zero-order chi connectivity index (χ0) is 17.6.